The lowest BCUT2D eigenvalue weighted by Crippen LogP contribution is -2.38. The van der Waals surface area contributed by atoms with E-state index in [1.54, 1.807) is 18.7 Å². The fraction of sp³-hybridized carbons (Fsp3) is 0.478. The first-order chi connectivity index (χ1) is 16.5. The molecular formula is C23H28N6O5. The topological polar surface area (TPSA) is 114 Å². The molecule has 4 heterocycles. The average Bonchev–Trinajstić information content (AvgIpc) is 3.61. The number of aromatic nitrogens is 4. The minimum atomic E-state index is -0.424. The first kappa shape index (κ1) is 22.2. The molecule has 1 N–H and O–H groups in total. The Morgan fingerprint density at radius 2 is 2.00 bits per heavy atom. The summed E-state index contributed by atoms with van der Waals surface area (Å²) in [5.74, 6) is 1.22. The van der Waals surface area contributed by atoms with Gasteiger partial charge in [-0.05, 0) is 25.0 Å². The van der Waals surface area contributed by atoms with Crippen LogP contribution in [-0.4, -0.2) is 56.9 Å². The molecule has 11 nitrogen and oxygen atoms in total. The van der Waals surface area contributed by atoms with Crippen LogP contribution in [-0.2, 0) is 30.2 Å². The van der Waals surface area contributed by atoms with E-state index in [1.165, 1.54) is 11.6 Å². The van der Waals surface area contributed by atoms with Crippen molar-refractivity contribution in [1.29, 1.82) is 0 Å². The Morgan fingerprint density at radius 3 is 2.76 bits per heavy atom. The van der Waals surface area contributed by atoms with Crippen molar-refractivity contribution in [3.63, 3.8) is 0 Å². The Kier molecular flexibility index (Phi) is 5.86. The van der Waals surface area contributed by atoms with E-state index in [-0.39, 0.29) is 12.2 Å². The molecule has 0 amide bonds. The van der Waals surface area contributed by atoms with E-state index in [4.69, 9.17) is 14.3 Å². The van der Waals surface area contributed by atoms with Crippen LogP contribution in [0.25, 0.3) is 11.2 Å². The number of para-hydroxylation sites is 1. The normalized spacial score (nSPS) is 19.9. The van der Waals surface area contributed by atoms with Crippen molar-refractivity contribution in [2.24, 2.45) is 19.3 Å². The van der Waals surface area contributed by atoms with Gasteiger partial charge in [-0.25, -0.2) is 4.79 Å². The molecule has 0 saturated carbocycles. The van der Waals surface area contributed by atoms with Crippen molar-refractivity contribution in [2.45, 2.75) is 38.0 Å². The Balaban J connectivity index is 1.47. The van der Waals surface area contributed by atoms with Crippen molar-refractivity contribution in [3.8, 4) is 5.75 Å². The van der Waals surface area contributed by atoms with Crippen molar-refractivity contribution < 1.29 is 14.3 Å². The smallest absolute Gasteiger partial charge is 0.332 e. The van der Waals surface area contributed by atoms with Crippen LogP contribution in [0.3, 0.4) is 0 Å². The van der Waals surface area contributed by atoms with Crippen LogP contribution in [0.5, 0.6) is 5.75 Å². The third-order valence-electron chi connectivity index (χ3n) is 6.40. The van der Waals surface area contributed by atoms with Crippen molar-refractivity contribution >= 4 is 22.8 Å². The molecule has 1 saturated heterocycles. The number of hydrogen-bond acceptors (Lipinski definition) is 8. The van der Waals surface area contributed by atoms with Crippen LogP contribution in [0.4, 0.5) is 5.95 Å². The number of benzene rings is 1. The fourth-order valence-electron chi connectivity index (χ4n) is 4.54. The molecule has 2 aliphatic rings. The zero-order valence-corrected chi connectivity index (χ0v) is 19.5. The number of oxime groups is 1. The second kappa shape index (κ2) is 8.98. The molecule has 5 rings (SSSR count). The molecule has 1 fully saturated rings. The summed E-state index contributed by atoms with van der Waals surface area (Å²) >= 11 is 0. The van der Waals surface area contributed by atoms with Crippen LogP contribution < -0.4 is 21.3 Å². The Bertz CT molecular complexity index is 1360. The number of nitrogens with zero attached hydrogens (tertiary/aromatic N) is 5. The van der Waals surface area contributed by atoms with Crippen LogP contribution in [0.2, 0.25) is 0 Å². The first-order valence-electron chi connectivity index (χ1n) is 11.4. The van der Waals surface area contributed by atoms with Crippen LogP contribution >= 0.6 is 0 Å². The quantitative estimate of drug-likeness (QED) is 0.555. The lowest BCUT2D eigenvalue weighted by atomic mass is 10.0. The zero-order valence-electron chi connectivity index (χ0n) is 19.5. The number of aryl methyl sites for hydroxylation is 1. The van der Waals surface area contributed by atoms with E-state index in [1.807, 2.05) is 24.3 Å². The van der Waals surface area contributed by atoms with Gasteiger partial charge >= 0.3 is 5.69 Å². The highest BCUT2D eigenvalue weighted by Crippen LogP contribution is 2.27. The summed E-state index contributed by atoms with van der Waals surface area (Å²) in [6, 6.07) is 7.65. The summed E-state index contributed by atoms with van der Waals surface area (Å²) in [4.78, 5) is 35.9. The van der Waals surface area contributed by atoms with Gasteiger partial charge in [-0.2, -0.15) is 4.98 Å². The highest BCUT2D eigenvalue weighted by Gasteiger charge is 2.28. The summed E-state index contributed by atoms with van der Waals surface area (Å²) in [6.07, 6.45) is 2.30. The van der Waals surface area contributed by atoms with E-state index in [0.717, 1.165) is 41.0 Å². The molecule has 2 aliphatic heterocycles. The lowest BCUT2D eigenvalue weighted by Gasteiger charge is -2.16. The predicted molar refractivity (Wildman–Crippen MR) is 127 cm³/mol. The minimum absolute atomic E-state index is 0.0862. The maximum absolute atomic E-state index is 13.1. The van der Waals surface area contributed by atoms with E-state index in [0.29, 0.717) is 36.6 Å². The number of ether oxygens (including phenoxy) is 2. The standard InChI is InChI=1S/C23H28N6O5/c1-27-20-19(21(30)28(2)23(27)31)29(22(25-20)24-12-14-7-6-10-33-14)13-15-11-17(26-34-15)16-8-4-5-9-18(16)32-3/h4-5,8-9,14-15H,6-7,10-13H2,1-3H3,(H,24,25)/t14-,15-/m1/s1. The number of methoxy groups -OCH3 is 1. The van der Waals surface area contributed by atoms with Gasteiger partial charge in [0.25, 0.3) is 5.56 Å². The molecule has 34 heavy (non-hydrogen) atoms. The molecular weight excluding hydrogens is 440 g/mol. The van der Waals surface area contributed by atoms with Gasteiger partial charge in [-0.1, -0.05) is 17.3 Å². The highest BCUT2D eigenvalue weighted by atomic mass is 16.6. The molecule has 0 radical (unpaired) electrons. The predicted octanol–water partition coefficient (Wildman–Crippen LogP) is 1.23. The number of rotatable bonds is 7. The largest absolute Gasteiger partial charge is 0.496 e. The van der Waals surface area contributed by atoms with Gasteiger partial charge in [0.15, 0.2) is 17.3 Å². The summed E-state index contributed by atoms with van der Waals surface area (Å²) in [6.45, 7) is 1.64. The highest BCUT2D eigenvalue weighted by molar-refractivity contribution is 6.03. The van der Waals surface area contributed by atoms with Gasteiger partial charge in [0, 0.05) is 39.2 Å². The van der Waals surface area contributed by atoms with Crippen molar-refractivity contribution in [1.82, 2.24) is 18.7 Å². The summed E-state index contributed by atoms with van der Waals surface area (Å²) < 4.78 is 15.4. The Morgan fingerprint density at radius 1 is 1.18 bits per heavy atom. The molecule has 0 spiro atoms. The van der Waals surface area contributed by atoms with Crippen molar-refractivity contribution in [3.05, 3.63) is 50.7 Å². The number of imidazole rings is 1. The molecule has 1 aromatic carbocycles. The van der Waals surface area contributed by atoms with Gasteiger partial charge in [0.2, 0.25) is 5.95 Å². The summed E-state index contributed by atoms with van der Waals surface area (Å²) in [5, 5.41) is 7.61. The third-order valence-corrected chi connectivity index (χ3v) is 6.40. The van der Waals surface area contributed by atoms with E-state index in [9.17, 15) is 9.59 Å². The molecule has 11 heteroatoms. The molecule has 0 unspecified atom stereocenters. The third kappa shape index (κ3) is 3.85. The summed E-state index contributed by atoms with van der Waals surface area (Å²) in [7, 11) is 4.70. The number of nitrogens with one attached hydrogen (secondary N) is 1. The second-order valence-corrected chi connectivity index (χ2v) is 8.61. The van der Waals surface area contributed by atoms with E-state index < -0.39 is 11.2 Å². The second-order valence-electron chi connectivity index (χ2n) is 8.61. The van der Waals surface area contributed by atoms with Gasteiger partial charge in [-0.3, -0.25) is 13.9 Å². The summed E-state index contributed by atoms with van der Waals surface area (Å²) in [5.41, 5.74) is 1.49. The van der Waals surface area contributed by atoms with Gasteiger partial charge in [0.05, 0.1) is 25.5 Å². The Labute approximate surface area is 195 Å². The minimum Gasteiger partial charge on any atom is -0.496 e. The monoisotopic (exact) mass is 468 g/mol. The average molecular weight is 469 g/mol. The zero-order chi connectivity index (χ0) is 23.8. The lowest BCUT2D eigenvalue weighted by molar-refractivity contribution is 0.0736. The fourth-order valence-corrected chi connectivity index (χ4v) is 4.54. The molecule has 0 bridgehead atoms. The van der Waals surface area contributed by atoms with Gasteiger partial charge < -0.3 is 24.2 Å². The maximum Gasteiger partial charge on any atom is 0.332 e. The number of hydrogen-bond donors (Lipinski definition) is 1. The molecule has 2 atom stereocenters. The molecule has 0 aliphatic carbocycles. The SMILES string of the molecule is COc1ccccc1C1=NO[C@@H](Cn2c(NC[C@H]3CCCO3)nc3c2c(=O)n(C)c(=O)n3C)C1. The Hall–Kier alpha value is -3.60. The van der Waals surface area contributed by atoms with E-state index >= 15 is 0 Å². The van der Waals surface area contributed by atoms with Crippen LogP contribution in [0.1, 0.15) is 24.8 Å². The van der Waals surface area contributed by atoms with Gasteiger partial charge in [0.1, 0.15) is 5.75 Å². The number of anilines is 1. The maximum atomic E-state index is 13.1. The van der Waals surface area contributed by atoms with Gasteiger partial charge in [-0.15, -0.1) is 0 Å². The van der Waals surface area contributed by atoms with Crippen LogP contribution in [0.15, 0.2) is 39.0 Å². The van der Waals surface area contributed by atoms with Crippen LogP contribution in [0, 0.1) is 0 Å². The van der Waals surface area contributed by atoms with Crippen molar-refractivity contribution in [2.75, 3.05) is 25.6 Å². The molecule has 3 aromatic rings. The molecule has 180 valence electrons. The first-order valence-corrected chi connectivity index (χ1v) is 11.4. The number of fused-ring (bicyclic) bond motifs is 1. The molecule has 2 aromatic heterocycles. The van der Waals surface area contributed by atoms with E-state index in [2.05, 4.69) is 15.5 Å².